The Morgan fingerprint density at radius 1 is 1.11 bits per heavy atom. The van der Waals surface area contributed by atoms with Gasteiger partial charge in [0.1, 0.15) is 5.82 Å². The summed E-state index contributed by atoms with van der Waals surface area (Å²) in [6.07, 6.45) is 0. The Kier molecular flexibility index (Phi) is 5.73. The highest BCUT2D eigenvalue weighted by atomic mass is 35.5. The van der Waals surface area contributed by atoms with E-state index in [1.165, 1.54) is 24.3 Å². The van der Waals surface area contributed by atoms with Crippen molar-refractivity contribution in [3.8, 4) is 0 Å². The highest BCUT2D eigenvalue weighted by Gasteiger charge is 2.11. The predicted octanol–water partition coefficient (Wildman–Crippen LogP) is 4.88. The van der Waals surface area contributed by atoms with E-state index in [0.717, 1.165) is 5.69 Å². The van der Waals surface area contributed by atoms with Gasteiger partial charge in [-0.3, -0.25) is 9.89 Å². The maximum Gasteiger partial charge on any atom is 0.280 e. The van der Waals surface area contributed by atoms with Gasteiger partial charge in [-0.2, -0.15) is 10.1 Å². The molecule has 138 valence electrons. The number of anilines is 2. The Balaban J connectivity index is 1.91. The van der Waals surface area contributed by atoms with Crippen LogP contribution in [0.2, 0.25) is 10.0 Å². The van der Waals surface area contributed by atoms with Gasteiger partial charge in [0.2, 0.25) is 5.96 Å². The van der Waals surface area contributed by atoms with Gasteiger partial charge in [0, 0.05) is 33.1 Å². The first kappa shape index (κ1) is 18.9. The topological polar surface area (TPSA) is 82.2 Å². The van der Waals surface area contributed by atoms with Crippen LogP contribution in [-0.4, -0.2) is 22.1 Å². The molecule has 0 unspecified atom stereocenters. The summed E-state index contributed by atoms with van der Waals surface area (Å²) in [5.41, 5.74) is 1.43. The summed E-state index contributed by atoms with van der Waals surface area (Å²) in [4.78, 5) is 16.5. The molecule has 2 aromatic carbocycles. The molecule has 9 heteroatoms. The van der Waals surface area contributed by atoms with Gasteiger partial charge in [-0.1, -0.05) is 29.3 Å². The lowest BCUT2D eigenvalue weighted by atomic mass is 10.2. The van der Waals surface area contributed by atoms with Gasteiger partial charge in [-0.05, 0) is 43.3 Å². The molecular formula is C18H14Cl2FN5O. The van der Waals surface area contributed by atoms with Crippen molar-refractivity contribution in [2.24, 2.45) is 4.99 Å². The minimum atomic E-state index is -0.540. The predicted molar refractivity (Wildman–Crippen MR) is 105 cm³/mol. The second-order valence-electron chi connectivity index (χ2n) is 5.62. The van der Waals surface area contributed by atoms with Crippen molar-refractivity contribution in [3.05, 3.63) is 75.7 Å². The van der Waals surface area contributed by atoms with Crippen LogP contribution in [-0.2, 0) is 0 Å². The average Bonchev–Trinajstić information content (AvgIpc) is 2.98. The van der Waals surface area contributed by atoms with Gasteiger partial charge in [-0.25, -0.2) is 4.39 Å². The van der Waals surface area contributed by atoms with Gasteiger partial charge in [-0.15, -0.1) is 0 Å². The number of halogens is 3. The number of carbonyl (C=O) groups excluding carboxylic acids is 1. The third kappa shape index (κ3) is 5.29. The van der Waals surface area contributed by atoms with Crippen LogP contribution in [0.4, 0.5) is 15.9 Å². The Labute approximate surface area is 164 Å². The number of carbonyl (C=O) groups is 1. The monoisotopic (exact) mass is 405 g/mol. The number of aromatic nitrogens is 2. The smallest absolute Gasteiger partial charge is 0.280 e. The molecule has 0 fully saturated rings. The maximum atomic E-state index is 13.6. The van der Waals surface area contributed by atoms with Crippen molar-refractivity contribution >= 4 is 46.6 Å². The maximum absolute atomic E-state index is 13.6. The number of aryl methyl sites for hydroxylation is 1. The van der Waals surface area contributed by atoms with Crippen LogP contribution in [0.3, 0.4) is 0 Å². The van der Waals surface area contributed by atoms with Crippen molar-refractivity contribution in [2.75, 3.05) is 10.6 Å². The number of benzene rings is 2. The Morgan fingerprint density at radius 3 is 2.59 bits per heavy atom. The fourth-order valence-corrected chi connectivity index (χ4v) is 2.65. The molecule has 0 radical (unpaired) electrons. The SMILES string of the molecule is Cc1cc(N/C(=N\C(=O)c2cccc(Cl)c2)Nc2cc(F)cc(Cl)c2)n[nH]1. The highest BCUT2D eigenvalue weighted by Crippen LogP contribution is 2.19. The lowest BCUT2D eigenvalue weighted by molar-refractivity contribution is 0.100. The van der Waals surface area contributed by atoms with Crippen LogP contribution < -0.4 is 10.6 Å². The summed E-state index contributed by atoms with van der Waals surface area (Å²) in [5.74, 6) is -0.586. The molecule has 0 spiro atoms. The molecule has 0 aliphatic heterocycles. The normalized spacial score (nSPS) is 11.3. The molecule has 3 rings (SSSR count). The minimum Gasteiger partial charge on any atom is -0.325 e. The molecular weight excluding hydrogens is 392 g/mol. The van der Waals surface area contributed by atoms with Crippen molar-refractivity contribution in [1.82, 2.24) is 10.2 Å². The Hall–Kier alpha value is -2.90. The number of aromatic amines is 1. The molecule has 0 aliphatic rings. The van der Waals surface area contributed by atoms with Crippen molar-refractivity contribution < 1.29 is 9.18 Å². The molecule has 0 bridgehead atoms. The van der Waals surface area contributed by atoms with Crippen LogP contribution in [0.15, 0.2) is 53.5 Å². The number of guanidine groups is 1. The molecule has 27 heavy (non-hydrogen) atoms. The second kappa shape index (κ2) is 8.20. The zero-order chi connectivity index (χ0) is 19.4. The quantitative estimate of drug-likeness (QED) is 0.428. The zero-order valence-electron chi connectivity index (χ0n) is 14.1. The van der Waals surface area contributed by atoms with Gasteiger partial charge >= 0.3 is 0 Å². The first-order valence-electron chi connectivity index (χ1n) is 7.80. The number of H-pyrrole nitrogens is 1. The first-order chi connectivity index (χ1) is 12.9. The molecule has 0 atom stereocenters. The third-order valence-corrected chi connectivity index (χ3v) is 3.82. The lowest BCUT2D eigenvalue weighted by Gasteiger charge is -2.11. The van der Waals surface area contributed by atoms with Crippen LogP contribution in [0.5, 0.6) is 0 Å². The number of nitrogens with one attached hydrogen (secondary N) is 3. The molecule has 0 aliphatic carbocycles. The number of hydrogen-bond donors (Lipinski definition) is 3. The summed E-state index contributed by atoms with van der Waals surface area (Å²) in [6.45, 7) is 1.83. The number of aliphatic imine (C=N–C) groups is 1. The van der Waals surface area contributed by atoms with Crippen molar-refractivity contribution in [1.29, 1.82) is 0 Å². The molecule has 3 aromatic rings. The zero-order valence-corrected chi connectivity index (χ0v) is 15.6. The molecule has 1 amide bonds. The molecule has 1 heterocycles. The fourth-order valence-electron chi connectivity index (χ4n) is 2.24. The summed E-state index contributed by atoms with van der Waals surface area (Å²) in [6, 6.07) is 12.0. The molecule has 6 nitrogen and oxygen atoms in total. The number of nitrogens with zero attached hydrogens (tertiary/aromatic N) is 2. The lowest BCUT2D eigenvalue weighted by Crippen LogP contribution is -2.24. The van der Waals surface area contributed by atoms with Gasteiger partial charge in [0.25, 0.3) is 5.91 Å². The van der Waals surface area contributed by atoms with Crippen molar-refractivity contribution in [3.63, 3.8) is 0 Å². The van der Waals surface area contributed by atoms with E-state index in [1.54, 1.807) is 24.3 Å². The van der Waals surface area contributed by atoms with E-state index in [1.807, 2.05) is 6.92 Å². The van der Waals surface area contributed by atoms with Crippen LogP contribution in [0.25, 0.3) is 0 Å². The largest absolute Gasteiger partial charge is 0.325 e. The van der Waals surface area contributed by atoms with Crippen LogP contribution in [0.1, 0.15) is 16.1 Å². The van der Waals surface area contributed by atoms with E-state index in [-0.39, 0.29) is 11.0 Å². The van der Waals surface area contributed by atoms with E-state index in [0.29, 0.717) is 22.1 Å². The second-order valence-corrected chi connectivity index (χ2v) is 6.49. The fraction of sp³-hybridized carbons (Fsp3) is 0.0556. The summed E-state index contributed by atoms with van der Waals surface area (Å²) < 4.78 is 13.6. The Bertz CT molecular complexity index is 998. The van der Waals surface area contributed by atoms with Crippen molar-refractivity contribution in [2.45, 2.75) is 6.92 Å². The van der Waals surface area contributed by atoms with Gasteiger partial charge < -0.3 is 10.6 Å². The average molecular weight is 406 g/mol. The van der Waals surface area contributed by atoms with Gasteiger partial charge in [0.15, 0.2) is 5.82 Å². The van der Waals surface area contributed by atoms with E-state index < -0.39 is 11.7 Å². The Morgan fingerprint density at radius 2 is 1.93 bits per heavy atom. The highest BCUT2D eigenvalue weighted by molar-refractivity contribution is 6.31. The number of amides is 1. The van der Waals surface area contributed by atoms with E-state index in [4.69, 9.17) is 23.2 Å². The minimum absolute atomic E-state index is 0.0492. The van der Waals surface area contributed by atoms with E-state index in [2.05, 4.69) is 25.8 Å². The first-order valence-corrected chi connectivity index (χ1v) is 8.55. The van der Waals surface area contributed by atoms with Gasteiger partial charge in [0.05, 0.1) is 0 Å². The summed E-state index contributed by atoms with van der Waals surface area (Å²) in [5, 5.41) is 13.1. The number of rotatable bonds is 3. The standard InChI is InChI=1S/C18H14Cl2FN5O/c1-10-5-16(26-25-10)23-18(22-15-8-13(20)7-14(21)9-15)24-17(27)11-3-2-4-12(19)6-11/h2-9H,1H3,(H3,22,23,24,25,26,27). The van der Waals surface area contributed by atoms with E-state index >= 15 is 0 Å². The molecule has 0 saturated carbocycles. The van der Waals surface area contributed by atoms with E-state index in [9.17, 15) is 9.18 Å². The molecule has 3 N–H and O–H groups in total. The van der Waals surface area contributed by atoms with Crippen LogP contribution in [0, 0.1) is 12.7 Å². The molecule has 0 saturated heterocycles. The molecule has 1 aromatic heterocycles. The van der Waals surface area contributed by atoms with Crippen LogP contribution >= 0.6 is 23.2 Å². The summed E-state index contributed by atoms with van der Waals surface area (Å²) >= 11 is 11.8. The number of hydrogen-bond acceptors (Lipinski definition) is 2. The third-order valence-electron chi connectivity index (χ3n) is 3.36. The summed E-state index contributed by atoms with van der Waals surface area (Å²) in [7, 11) is 0.